The highest BCUT2D eigenvalue weighted by Crippen LogP contribution is 2.25. The summed E-state index contributed by atoms with van der Waals surface area (Å²) >= 11 is 0. The van der Waals surface area contributed by atoms with Gasteiger partial charge in [0, 0.05) is 11.1 Å². The molecule has 0 spiro atoms. The molecule has 0 aliphatic heterocycles. The molecule has 0 heterocycles. The maximum Gasteiger partial charge on any atom is 0.233 e. The van der Waals surface area contributed by atoms with Crippen LogP contribution in [0.4, 0.5) is 8.78 Å². The van der Waals surface area contributed by atoms with Crippen LogP contribution in [0, 0.1) is 11.6 Å². The Morgan fingerprint density at radius 1 is 0.737 bits per heavy atom. The third kappa shape index (κ3) is 1.85. The molecular formula is C15H8F2O2. The molecule has 4 heteroatoms. The van der Waals surface area contributed by atoms with Crippen LogP contribution in [0.2, 0.25) is 0 Å². The minimum atomic E-state index is -0.680. The molecule has 0 atom stereocenters. The first-order chi connectivity index (χ1) is 9.06. The molecule has 0 amide bonds. The molecule has 0 aromatic heterocycles. The second-order valence-electron chi connectivity index (χ2n) is 4.44. The first kappa shape index (κ1) is 11.7. The van der Waals surface area contributed by atoms with E-state index in [0.29, 0.717) is 11.1 Å². The zero-order valence-corrected chi connectivity index (χ0v) is 9.74. The molecule has 2 aromatic carbocycles. The zero-order valence-electron chi connectivity index (χ0n) is 9.74. The van der Waals surface area contributed by atoms with Crippen molar-refractivity contribution in [3.63, 3.8) is 0 Å². The Balaban J connectivity index is 2.27. The smallest absolute Gasteiger partial charge is 0.233 e. The number of hydrogen-bond donors (Lipinski definition) is 0. The number of hydrogen-bond acceptors (Lipinski definition) is 2. The molecule has 0 saturated carbocycles. The van der Waals surface area contributed by atoms with E-state index in [-0.39, 0.29) is 17.5 Å². The van der Waals surface area contributed by atoms with Gasteiger partial charge in [-0.3, -0.25) is 9.59 Å². The minimum Gasteiger partial charge on any atom is -0.285 e. The van der Waals surface area contributed by atoms with Crippen molar-refractivity contribution >= 4 is 11.6 Å². The van der Waals surface area contributed by atoms with Gasteiger partial charge in [0.05, 0.1) is 0 Å². The average Bonchev–Trinajstić information content (AvgIpc) is 2.46. The second kappa shape index (κ2) is 4.09. The van der Waals surface area contributed by atoms with E-state index < -0.39 is 23.2 Å². The average molecular weight is 258 g/mol. The van der Waals surface area contributed by atoms with E-state index in [1.165, 1.54) is 24.3 Å². The van der Waals surface area contributed by atoms with E-state index in [4.69, 9.17) is 0 Å². The van der Waals surface area contributed by atoms with Gasteiger partial charge in [-0.2, -0.15) is 0 Å². The Morgan fingerprint density at radius 2 is 1.16 bits per heavy atom. The van der Waals surface area contributed by atoms with E-state index >= 15 is 0 Å². The van der Waals surface area contributed by atoms with Crippen molar-refractivity contribution in [2.75, 3.05) is 0 Å². The number of rotatable bonds is 0. The van der Waals surface area contributed by atoms with Crippen LogP contribution in [0.3, 0.4) is 0 Å². The highest BCUT2D eigenvalue weighted by Gasteiger charge is 2.27. The topological polar surface area (TPSA) is 34.1 Å². The first-order valence-electron chi connectivity index (χ1n) is 5.72. The maximum atomic E-state index is 13.2. The number of ketones is 2. The van der Waals surface area contributed by atoms with Crippen LogP contribution < -0.4 is 0 Å². The fourth-order valence-corrected chi connectivity index (χ4v) is 2.31. The molecular weight excluding hydrogens is 250 g/mol. The van der Waals surface area contributed by atoms with Gasteiger partial charge in [-0.15, -0.1) is 0 Å². The molecule has 1 aliphatic rings. The standard InChI is InChI=1S/C15H8F2O2/c16-10-1-3-12-8(6-10)5-9-7-11(17)2-4-13(9)15(19)14(12)18/h1-4,6-7H,5H2. The Bertz CT molecular complexity index is 659. The van der Waals surface area contributed by atoms with E-state index in [1.807, 2.05) is 0 Å². The summed E-state index contributed by atoms with van der Waals surface area (Å²) in [4.78, 5) is 24.1. The lowest BCUT2D eigenvalue weighted by Crippen LogP contribution is -2.14. The molecule has 0 bridgehead atoms. The van der Waals surface area contributed by atoms with Gasteiger partial charge in [0.25, 0.3) is 0 Å². The molecule has 0 radical (unpaired) electrons. The number of benzene rings is 2. The van der Waals surface area contributed by atoms with Crippen molar-refractivity contribution in [3.8, 4) is 0 Å². The summed E-state index contributed by atoms with van der Waals surface area (Å²) in [5.74, 6) is -2.33. The van der Waals surface area contributed by atoms with E-state index in [1.54, 1.807) is 0 Å². The van der Waals surface area contributed by atoms with Crippen molar-refractivity contribution in [2.45, 2.75) is 6.42 Å². The summed E-state index contributed by atoms with van der Waals surface area (Å²) in [6.07, 6.45) is 0.164. The van der Waals surface area contributed by atoms with Crippen LogP contribution in [0.5, 0.6) is 0 Å². The van der Waals surface area contributed by atoms with Crippen LogP contribution in [-0.2, 0) is 6.42 Å². The van der Waals surface area contributed by atoms with Gasteiger partial charge in [-0.05, 0) is 53.9 Å². The lowest BCUT2D eigenvalue weighted by molar-refractivity contribution is 0.0817. The molecule has 1 aliphatic carbocycles. The van der Waals surface area contributed by atoms with E-state index in [9.17, 15) is 18.4 Å². The van der Waals surface area contributed by atoms with Gasteiger partial charge in [0.1, 0.15) is 11.6 Å². The van der Waals surface area contributed by atoms with E-state index in [2.05, 4.69) is 0 Å². The molecule has 0 saturated heterocycles. The molecule has 0 unspecified atom stereocenters. The van der Waals surface area contributed by atoms with Gasteiger partial charge in [-0.1, -0.05) is 0 Å². The molecule has 3 rings (SSSR count). The lowest BCUT2D eigenvalue weighted by Gasteiger charge is -2.04. The van der Waals surface area contributed by atoms with Crippen LogP contribution in [0.1, 0.15) is 31.8 Å². The van der Waals surface area contributed by atoms with Crippen molar-refractivity contribution in [1.29, 1.82) is 0 Å². The van der Waals surface area contributed by atoms with Crippen molar-refractivity contribution < 1.29 is 18.4 Å². The largest absolute Gasteiger partial charge is 0.285 e. The quantitative estimate of drug-likeness (QED) is 0.681. The predicted octanol–water partition coefficient (Wildman–Crippen LogP) is 2.93. The molecule has 0 fully saturated rings. The number of fused-ring (bicyclic) bond motifs is 2. The first-order valence-corrected chi connectivity index (χ1v) is 5.72. The number of Topliss-reactive ketones (excluding diaryl/α,β-unsaturated/α-hetero) is 2. The normalized spacial score (nSPS) is 13.8. The minimum absolute atomic E-state index is 0.164. The Morgan fingerprint density at radius 3 is 1.58 bits per heavy atom. The van der Waals surface area contributed by atoms with Gasteiger partial charge < -0.3 is 0 Å². The number of carbonyl (C=O) groups is 2. The summed E-state index contributed by atoms with van der Waals surface area (Å²) < 4.78 is 26.5. The van der Waals surface area contributed by atoms with Gasteiger partial charge in [0.15, 0.2) is 0 Å². The third-order valence-electron chi connectivity index (χ3n) is 3.21. The van der Waals surface area contributed by atoms with E-state index in [0.717, 1.165) is 12.1 Å². The molecule has 0 N–H and O–H groups in total. The zero-order chi connectivity index (χ0) is 13.6. The van der Waals surface area contributed by atoms with Crippen LogP contribution in [0.25, 0.3) is 0 Å². The molecule has 2 nitrogen and oxygen atoms in total. The van der Waals surface area contributed by atoms with Crippen LogP contribution >= 0.6 is 0 Å². The van der Waals surface area contributed by atoms with Gasteiger partial charge in [-0.25, -0.2) is 8.78 Å². The monoisotopic (exact) mass is 258 g/mol. The Hall–Kier alpha value is -2.36. The van der Waals surface area contributed by atoms with Crippen molar-refractivity contribution in [1.82, 2.24) is 0 Å². The van der Waals surface area contributed by atoms with Crippen LogP contribution in [-0.4, -0.2) is 11.6 Å². The number of halogens is 2. The molecule has 2 aromatic rings. The fourth-order valence-electron chi connectivity index (χ4n) is 2.31. The summed E-state index contributed by atoms with van der Waals surface area (Å²) in [5.41, 5.74) is 1.18. The maximum absolute atomic E-state index is 13.2. The highest BCUT2D eigenvalue weighted by atomic mass is 19.1. The van der Waals surface area contributed by atoms with Crippen molar-refractivity contribution in [3.05, 3.63) is 70.3 Å². The Labute approximate surface area is 107 Å². The second-order valence-corrected chi connectivity index (χ2v) is 4.44. The number of carbonyl (C=O) groups excluding carboxylic acids is 2. The predicted molar refractivity (Wildman–Crippen MR) is 64.3 cm³/mol. The lowest BCUT2D eigenvalue weighted by atomic mass is 10.0. The van der Waals surface area contributed by atoms with Gasteiger partial charge >= 0.3 is 0 Å². The Kier molecular flexibility index (Phi) is 2.52. The summed E-state index contributed by atoms with van der Waals surface area (Å²) in [6.45, 7) is 0. The molecule has 94 valence electrons. The highest BCUT2D eigenvalue weighted by molar-refractivity contribution is 6.50. The van der Waals surface area contributed by atoms with Crippen molar-refractivity contribution in [2.24, 2.45) is 0 Å². The van der Waals surface area contributed by atoms with Gasteiger partial charge in [0.2, 0.25) is 11.6 Å². The third-order valence-corrected chi connectivity index (χ3v) is 3.21. The SMILES string of the molecule is O=C1C(=O)c2ccc(F)cc2Cc2cc(F)ccc21. The fraction of sp³-hybridized carbons (Fsp3) is 0.0667. The summed E-state index contributed by atoms with van der Waals surface area (Å²) in [5, 5.41) is 0. The summed E-state index contributed by atoms with van der Waals surface area (Å²) in [6, 6.07) is 7.29. The van der Waals surface area contributed by atoms with Crippen LogP contribution in [0.15, 0.2) is 36.4 Å². The molecule has 19 heavy (non-hydrogen) atoms. The summed E-state index contributed by atoms with van der Waals surface area (Å²) in [7, 11) is 0.